The lowest BCUT2D eigenvalue weighted by molar-refractivity contribution is -0.132. The van der Waals surface area contributed by atoms with Crippen LogP contribution in [0.15, 0.2) is 33.6 Å². The van der Waals surface area contributed by atoms with E-state index >= 15 is 0 Å². The molecule has 1 amide bonds. The quantitative estimate of drug-likeness (QED) is 0.836. The number of rotatable bonds is 4. The summed E-state index contributed by atoms with van der Waals surface area (Å²) in [5, 5.41) is 0. The van der Waals surface area contributed by atoms with Crippen molar-refractivity contribution in [3.8, 4) is 0 Å². The number of hydrogen-bond acceptors (Lipinski definition) is 4. The average molecular weight is 376 g/mol. The zero-order valence-electron chi connectivity index (χ0n) is 11.5. The fourth-order valence-corrected chi connectivity index (χ4v) is 3.90. The highest BCUT2D eigenvalue weighted by atomic mass is 79.9. The highest BCUT2D eigenvalue weighted by molar-refractivity contribution is 9.10. The van der Waals surface area contributed by atoms with Crippen molar-refractivity contribution in [3.05, 3.63) is 28.7 Å². The first-order valence-corrected chi connectivity index (χ1v) is 8.92. The van der Waals surface area contributed by atoms with Gasteiger partial charge in [-0.15, -0.1) is 0 Å². The monoisotopic (exact) mass is 375 g/mol. The van der Waals surface area contributed by atoms with Crippen molar-refractivity contribution in [1.29, 1.82) is 0 Å². The summed E-state index contributed by atoms with van der Waals surface area (Å²) in [6.07, 6.45) is 0.305. The van der Waals surface area contributed by atoms with Gasteiger partial charge in [0.05, 0.1) is 4.90 Å². The molecule has 0 saturated carbocycles. The molecule has 1 aliphatic rings. The van der Waals surface area contributed by atoms with Gasteiger partial charge in [-0.3, -0.25) is 4.79 Å². The van der Waals surface area contributed by atoms with Gasteiger partial charge in [0.2, 0.25) is 15.9 Å². The van der Waals surface area contributed by atoms with Gasteiger partial charge in [-0.1, -0.05) is 15.9 Å². The van der Waals surface area contributed by atoms with E-state index < -0.39 is 10.0 Å². The second-order valence-corrected chi connectivity index (χ2v) is 7.63. The molecule has 0 unspecified atom stereocenters. The van der Waals surface area contributed by atoms with Gasteiger partial charge in [0, 0.05) is 43.6 Å². The molecule has 2 N–H and O–H groups in total. The van der Waals surface area contributed by atoms with Crippen LogP contribution in [0.4, 0.5) is 0 Å². The van der Waals surface area contributed by atoms with Crippen molar-refractivity contribution >= 4 is 31.9 Å². The summed E-state index contributed by atoms with van der Waals surface area (Å²) in [5.74, 6) is -0.0156. The van der Waals surface area contributed by atoms with Crippen LogP contribution < -0.4 is 5.73 Å². The molecular formula is C13H18BrN3O3S. The Kier molecular flexibility index (Phi) is 5.37. The average Bonchev–Trinajstić information content (AvgIpc) is 2.48. The van der Waals surface area contributed by atoms with Crippen molar-refractivity contribution in [1.82, 2.24) is 9.21 Å². The third kappa shape index (κ3) is 3.82. The molecule has 1 aliphatic heterocycles. The molecule has 116 valence electrons. The van der Waals surface area contributed by atoms with Gasteiger partial charge in [0.25, 0.3) is 0 Å². The predicted octanol–water partition coefficient (Wildman–Crippen LogP) is 0.631. The van der Waals surface area contributed by atoms with Gasteiger partial charge < -0.3 is 10.6 Å². The molecule has 1 fully saturated rings. The number of piperazine rings is 1. The van der Waals surface area contributed by atoms with Crippen LogP contribution in [-0.2, 0) is 14.8 Å². The van der Waals surface area contributed by atoms with E-state index in [0.717, 1.165) is 4.47 Å². The minimum absolute atomic E-state index is 0.0156. The van der Waals surface area contributed by atoms with E-state index in [9.17, 15) is 13.2 Å². The van der Waals surface area contributed by atoms with Gasteiger partial charge in [0.15, 0.2) is 0 Å². The molecule has 6 nitrogen and oxygen atoms in total. The van der Waals surface area contributed by atoms with Crippen molar-refractivity contribution in [2.75, 3.05) is 32.7 Å². The van der Waals surface area contributed by atoms with E-state index in [1.807, 2.05) is 0 Å². The standard InChI is InChI=1S/C13H18BrN3O3S/c14-11-1-3-12(4-2-11)21(19,20)17-9-7-16(8-10-17)13(18)5-6-15/h1-4H,5-10,15H2. The van der Waals surface area contributed by atoms with Gasteiger partial charge in [-0.05, 0) is 24.3 Å². The number of amides is 1. The van der Waals surface area contributed by atoms with Crippen LogP contribution >= 0.6 is 15.9 Å². The van der Waals surface area contributed by atoms with Crippen LogP contribution in [0.3, 0.4) is 0 Å². The second kappa shape index (κ2) is 6.87. The minimum Gasteiger partial charge on any atom is -0.340 e. The molecule has 1 heterocycles. The lowest BCUT2D eigenvalue weighted by Crippen LogP contribution is -2.50. The summed E-state index contributed by atoms with van der Waals surface area (Å²) in [4.78, 5) is 13.7. The number of halogens is 1. The van der Waals surface area contributed by atoms with Crippen LogP contribution in [-0.4, -0.2) is 56.3 Å². The molecule has 0 aromatic heterocycles. The Bertz CT molecular complexity index is 596. The van der Waals surface area contributed by atoms with Gasteiger partial charge in [0.1, 0.15) is 0 Å². The van der Waals surface area contributed by atoms with E-state index in [0.29, 0.717) is 39.1 Å². The van der Waals surface area contributed by atoms with E-state index in [1.54, 1.807) is 29.2 Å². The molecule has 1 saturated heterocycles. The molecular weight excluding hydrogens is 358 g/mol. The van der Waals surface area contributed by atoms with Gasteiger partial charge >= 0.3 is 0 Å². The first-order valence-electron chi connectivity index (χ1n) is 6.68. The molecule has 0 aliphatic carbocycles. The molecule has 8 heteroatoms. The maximum atomic E-state index is 12.5. The number of hydrogen-bond donors (Lipinski definition) is 1. The van der Waals surface area contributed by atoms with Crippen LogP contribution in [0.2, 0.25) is 0 Å². The highest BCUT2D eigenvalue weighted by Crippen LogP contribution is 2.20. The van der Waals surface area contributed by atoms with E-state index in [1.165, 1.54) is 4.31 Å². The van der Waals surface area contributed by atoms with Crippen molar-refractivity contribution in [2.45, 2.75) is 11.3 Å². The molecule has 1 aromatic carbocycles. The summed E-state index contributed by atoms with van der Waals surface area (Å²) in [6.45, 7) is 1.77. The molecule has 0 atom stereocenters. The molecule has 0 spiro atoms. The first kappa shape index (κ1) is 16.4. The summed E-state index contributed by atoms with van der Waals surface area (Å²) in [7, 11) is -3.49. The Balaban J connectivity index is 2.04. The fourth-order valence-electron chi connectivity index (χ4n) is 2.22. The Morgan fingerprint density at radius 3 is 2.24 bits per heavy atom. The maximum Gasteiger partial charge on any atom is 0.243 e. The molecule has 0 radical (unpaired) electrons. The number of sulfonamides is 1. The summed E-state index contributed by atoms with van der Waals surface area (Å²) in [5.41, 5.74) is 5.36. The summed E-state index contributed by atoms with van der Waals surface area (Å²) in [6, 6.07) is 6.55. The van der Waals surface area contributed by atoms with Gasteiger partial charge in [-0.2, -0.15) is 4.31 Å². The number of carbonyl (C=O) groups excluding carboxylic acids is 1. The Morgan fingerprint density at radius 2 is 1.71 bits per heavy atom. The lowest BCUT2D eigenvalue weighted by Gasteiger charge is -2.34. The second-order valence-electron chi connectivity index (χ2n) is 4.78. The summed E-state index contributed by atoms with van der Waals surface area (Å²) >= 11 is 3.28. The molecule has 0 bridgehead atoms. The van der Waals surface area contributed by atoms with Gasteiger partial charge in [-0.25, -0.2) is 8.42 Å². The van der Waals surface area contributed by atoms with Crippen molar-refractivity contribution < 1.29 is 13.2 Å². The SMILES string of the molecule is NCCC(=O)N1CCN(S(=O)(=O)c2ccc(Br)cc2)CC1. The summed E-state index contributed by atoms with van der Waals surface area (Å²) < 4.78 is 27.2. The highest BCUT2D eigenvalue weighted by Gasteiger charge is 2.29. The van der Waals surface area contributed by atoms with E-state index in [-0.39, 0.29) is 10.8 Å². The predicted molar refractivity (Wildman–Crippen MR) is 83.2 cm³/mol. The maximum absolute atomic E-state index is 12.5. The van der Waals surface area contributed by atoms with Crippen LogP contribution in [0.1, 0.15) is 6.42 Å². The third-order valence-electron chi connectivity index (χ3n) is 3.40. The third-order valence-corrected chi connectivity index (χ3v) is 5.84. The van der Waals surface area contributed by atoms with Crippen LogP contribution in [0.25, 0.3) is 0 Å². The van der Waals surface area contributed by atoms with E-state index in [4.69, 9.17) is 5.73 Å². The lowest BCUT2D eigenvalue weighted by atomic mass is 10.3. The first-order chi connectivity index (χ1) is 9.95. The number of benzene rings is 1. The number of carbonyl (C=O) groups is 1. The zero-order valence-corrected chi connectivity index (χ0v) is 13.9. The molecule has 2 rings (SSSR count). The Morgan fingerprint density at radius 1 is 1.14 bits per heavy atom. The van der Waals surface area contributed by atoms with Crippen LogP contribution in [0.5, 0.6) is 0 Å². The Hall–Kier alpha value is -0.960. The van der Waals surface area contributed by atoms with E-state index in [2.05, 4.69) is 15.9 Å². The van der Waals surface area contributed by atoms with Crippen molar-refractivity contribution in [3.63, 3.8) is 0 Å². The number of nitrogens with zero attached hydrogens (tertiary/aromatic N) is 2. The molecule has 21 heavy (non-hydrogen) atoms. The zero-order chi connectivity index (χ0) is 15.5. The normalized spacial score (nSPS) is 17.0. The smallest absolute Gasteiger partial charge is 0.243 e. The van der Waals surface area contributed by atoms with Crippen molar-refractivity contribution in [2.24, 2.45) is 5.73 Å². The molecule has 1 aromatic rings. The topological polar surface area (TPSA) is 83.7 Å². The minimum atomic E-state index is -3.49. The fraction of sp³-hybridized carbons (Fsp3) is 0.462. The largest absolute Gasteiger partial charge is 0.340 e. The Labute approximate surface area is 133 Å². The number of nitrogens with two attached hydrogens (primary N) is 1. The van der Waals surface area contributed by atoms with Crippen LogP contribution in [0, 0.1) is 0 Å².